The quantitative estimate of drug-likeness (QED) is 0.791. The Bertz CT molecular complexity index is 850. The van der Waals surface area contributed by atoms with E-state index in [0.717, 1.165) is 0 Å². The SMILES string of the molecule is CC(C)[C@H](NS(=O)(=O)c1ccc(Oc2ccccc2Cl)cc1)C(=O)[O-]. The minimum atomic E-state index is -4.00. The van der Waals surface area contributed by atoms with E-state index in [0.29, 0.717) is 16.5 Å². The molecule has 2 aromatic rings. The van der Waals surface area contributed by atoms with Crippen molar-refractivity contribution in [2.24, 2.45) is 5.92 Å². The van der Waals surface area contributed by atoms with Crippen LogP contribution in [0.3, 0.4) is 0 Å². The highest BCUT2D eigenvalue weighted by atomic mass is 35.5. The molecule has 0 spiro atoms. The summed E-state index contributed by atoms with van der Waals surface area (Å²) < 4.78 is 32.3. The van der Waals surface area contributed by atoms with Crippen molar-refractivity contribution in [2.45, 2.75) is 24.8 Å². The summed E-state index contributed by atoms with van der Waals surface area (Å²) in [5, 5.41) is 11.5. The van der Waals surface area contributed by atoms with Gasteiger partial charge in [-0.15, -0.1) is 0 Å². The van der Waals surface area contributed by atoms with Gasteiger partial charge >= 0.3 is 0 Å². The molecule has 25 heavy (non-hydrogen) atoms. The topological polar surface area (TPSA) is 95.5 Å². The normalized spacial score (nSPS) is 12.8. The zero-order chi connectivity index (χ0) is 18.6. The first-order chi connectivity index (χ1) is 11.7. The molecular formula is C17H17ClNO5S-. The molecule has 1 N–H and O–H groups in total. The van der Waals surface area contributed by atoms with Crippen molar-refractivity contribution >= 4 is 27.6 Å². The lowest BCUT2D eigenvalue weighted by Crippen LogP contribution is -2.50. The van der Waals surface area contributed by atoms with E-state index in [1.165, 1.54) is 24.3 Å². The highest BCUT2D eigenvalue weighted by molar-refractivity contribution is 7.89. The lowest BCUT2D eigenvalue weighted by atomic mass is 10.1. The van der Waals surface area contributed by atoms with Gasteiger partial charge in [-0.2, -0.15) is 0 Å². The van der Waals surface area contributed by atoms with Gasteiger partial charge in [0.1, 0.15) is 11.5 Å². The third kappa shape index (κ3) is 4.94. The van der Waals surface area contributed by atoms with Crippen molar-refractivity contribution < 1.29 is 23.1 Å². The second kappa shape index (κ2) is 7.86. The molecule has 0 aliphatic rings. The van der Waals surface area contributed by atoms with Gasteiger partial charge in [0.25, 0.3) is 0 Å². The third-order valence-electron chi connectivity index (χ3n) is 3.40. The van der Waals surface area contributed by atoms with Gasteiger partial charge in [0.2, 0.25) is 10.0 Å². The molecule has 1 atom stereocenters. The van der Waals surface area contributed by atoms with E-state index < -0.39 is 28.0 Å². The van der Waals surface area contributed by atoms with Gasteiger partial charge in [0, 0.05) is 0 Å². The van der Waals surface area contributed by atoms with Crippen molar-refractivity contribution in [2.75, 3.05) is 0 Å². The van der Waals surface area contributed by atoms with Gasteiger partial charge in [0.15, 0.2) is 0 Å². The summed E-state index contributed by atoms with van der Waals surface area (Å²) in [6, 6.07) is 11.1. The number of para-hydroxylation sites is 1. The summed E-state index contributed by atoms with van der Waals surface area (Å²) in [4.78, 5) is 11.0. The number of ether oxygens (including phenoxy) is 1. The fourth-order valence-electron chi connectivity index (χ4n) is 2.03. The molecule has 0 aliphatic heterocycles. The average molecular weight is 383 g/mol. The van der Waals surface area contributed by atoms with Gasteiger partial charge in [0.05, 0.1) is 21.9 Å². The van der Waals surface area contributed by atoms with Crippen LogP contribution < -0.4 is 14.6 Å². The Morgan fingerprint density at radius 1 is 1.12 bits per heavy atom. The van der Waals surface area contributed by atoms with Crippen molar-refractivity contribution in [3.63, 3.8) is 0 Å². The van der Waals surface area contributed by atoms with Crippen molar-refractivity contribution in [1.82, 2.24) is 4.72 Å². The van der Waals surface area contributed by atoms with Crippen molar-refractivity contribution in [3.8, 4) is 11.5 Å². The first-order valence-corrected chi connectivity index (χ1v) is 9.32. The number of halogens is 1. The van der Waals surface area contributed by atoms with Crippen LogP contribution in [-0.4, -0.2) is 20.4 Å². The Balaban J connectivity index is 2.18. The number of aliphatic carboxylic acids is 1. The Labute approximate surface area is 151 Å². The van der Waals surface area contributed by atoms with Gasteiger partial charge in [-0.05, 0) is 42.3 Å². The predicted octanol–water partition coefficient (Wildman–Crippen LogP) is 2.19. The van der Waals surface area contributed by atoms with Crippen LogP contribution in [0.25, 0.3) is 0 Å². The van der Waals surface area contributed by atoms with Crippen molar-refractivity contribution in [3.05, 3.63) is 53.6 Å². The second-order valence-corrected chi connectivity index (χ2v) is 7.79. The zero-order valence-electron chi connectivity index (χ0n) is 13.6. The fourth-order valence-corrected chi connectivity index (χ4v) is 3.54. The molecule has 0 bridgehead atoms. The monoisotopic (exact) mass is 382 g/mol. The summed E-state index contributed by atoms with van der Waals surface area (Å²) in [5.74, 6) is -1.10. The second-order valence-electron chi connectivity index (χ2n) is 5.67. The van der Waals surface area contributed by atoms with Crippen LogP contribution >= 0.6 is 11.6 Å². The molecule has 0 fully saturated rings. The van der Waals surface area contributed by atoms with E-state index in [1.54, 1.807) is 38.1 Å². The zero-order valence-corrected chi connectivity index (χ0v) is 15.2. The van der Waals surface area contributed by atoms with Crippen LogP contribution in [0.5, 0.6) is 11.5 Å². The van der Waals surface area contributed by atoms with Crippen LogP contribution in [0, 0.1) is 5.92 Å². The molecular weight excluding hydrogens is 366 g/mol. The number of rotatable bonds is 7. The minimum absolute atomic E-state index is 0.0779. The van der Waals surface area contributed by atoms with E-state index >= 15 is 0 Å². The highest BCUT2D eigenvalue weighted by Gasteiger charge is 2.23. The van der Waals surface area contributed by atoms with Gasteiger partial charge in [-0.1, -0.05) is 37.6 Å². The molecule has 2 aromatic carbocycles. The van der Waals surface area contributed by atoms with E-state index in [-0.39, 0.29) is 4.90 Å². The first-order valence-electron chi connectivity index (χ1n) is 7.46. The predicted molar refractivity (Wildman–Crippen MR) is 91.9 cm³/mol. The molecule has 6 nitrogen and oxygen atoms in total. The molecule has 0 radical (unpaired) electrons. The maximum atomic E-state index is 12.3. The Morgan fingerprint density at radius 3 is 2.24 bits per heavy atom. The molecule has 0 unspecified atom stereocenters. The van der Waals surface area contributed by atoms with E-state index in [1.807, 2.05) is 0 Å². The smallest absolute Gasteiger partial charge is 0.241 e. The minimum Gasteiger partial charge on any atom is -0.548 e. The number of carboxylic acids is 1. The fraction of sp³-hybridized carbons (Fsp3) is 0.235. The standard InChI is InChI=1S/C17H18ClNO5S/c1-11(2)16(17(20)21)19-25(22,23)13-9-7-12(8-10-13)24-15-6-4-3-5-14(15)18/h3-11,16,19H,1-2H3,(H,20,21)/p-1/t16-/m0/s1. The molecule has 0 saturated carbocycles. The number of carbonyl (C=O) groups is 1. The Kier molecular flexibility index (Phi) is 6.05. The van der Waals surface area contributed by atoms with Gasteiger partial charge in [-0.3, -0.25) is 0 Å². The van der Waals surface area contributed by atoms with Crippen molar-refractivity contribution in [1.29, 1.82) is 0 Å². The lowest BCUT2D eigenvalue weighted by Gasteiger charge is -2.23. The third-order valence-corrected chi connectivity index (χ3v) is 5.17. The largest absolute Gasteiger partial charge is 0.548 e. The number of nitrogens with one attached hydrogen (secondary N) is 1. The molecule has 0 saturated heterocycles. The van der Waals surface area contributed by atoms with Crippen LogP contribution in [0.4, 0.5) is 0 Å². The maximum Gasteiger partial charge on any atom is 0.241 e. The average Bonchev–Trinajstić information content (AvgIpc) is 2.55. The molecule has 0 amide bonds. The number of hydrogen-bond acceptors (Lipinski definition) is 5. The number of carboxylic acid groups (broad SMARTS) is 1. The Hall–Kier alpha value is -2.09. The van der Waals surface area contributed by atoms with E-state index in [9.17, 15) is 18.3 Å². The maximum absolute atomic E-state index is 12.3. The summed E-state index contributed by atoms with van der Waals surface area (Å²) in [6.07, 6.45) is 0. The Morgan fingerprint density at radius 2 is 1.72 bits per heavy atom. The molecule has 0 aliphatic carbocycles. The summed E-state index contributed by atoms with van der Waals surface area (Å²) in [5.41, 5.74) is 0. The van der Waals surface area contributed by atoms with Crippen LogP contribution in [0.2, 0.25) is 5.02 Å². The molecule has 2 rings (SSSR count). The molecule has 0 aromatic heterocycles. The van der Waals surface area contributed by atoms with Crippen LogP contribution in [0.1, 0.15) is 13.8 Å². The van der Waals surface area contributed by atoms with E-state index in [4.69, 9.17) is 16.3 Å². The summed E-state index contributed by atoms with van der Waals surface area (Å²) in [6.45, 7) is 3.17. The summed E-state index contributed by atoms with van der Waals surface area (Å²) >= 11 is 6.00. The number of benzene rings is 2. The van der Waals surface area contributed by atoms with Gasteiger partial charge < -0.3 is 14.6 Å². The first kappa shape index (κ1) is 19.2. The number of hydrogen-bond donors (Lipinski definition) is 1. The van der Waals surface area contributed by atoms with E-state index in [2.05, 4.69) is 4.72 Å². The highest BCUT2D eigenvalue weighted by Crippen LogP contribution is 2.29. The number of sulfonamides is 1. The van der Waals surface area contributed by atoms with Crippen LogP contribution in [0.15, 0.2) is 53.4 Å². The number of carbonyl (C=O) groups excluding carboxylic acids is 1. The molecule has 8 heteroatoms. The molecule has 0 heterocycles. The summed E-state index contributed by atoms with van der Waals surface area (Å²) in [7, 11) is -4.00. The molecule has 134 valence electrons. The van der Waals surface area contributed by atoms with Gasteiger partial charge in [-0.25, -0.2) is 13.1 Å². The lowest BCUT2D eigenvalue weighted by molar-refractivity contribution is -0.309. The van der Waals surface area contributed by atoms with Crippen LogP contribution in [-0.2, 0) is 14.8 Å².